The Bertz CT molecular complexity index is 452. The van der Waals surface area contributed by atoms with Crippen LogP contribution in [0.3, 0.4) is 0 Å². The number of carbonyl (C=O) groups excluding carboxylic acids is 1. The van der Waals surface area contributed by atoms with Gasteiger partial charge in [0.2, 0.25) is 0 Å². The number of Topliss-reactive ketones (excluding diaryl/α,β-unsaturated/α-hetero) is 1. The van der Waals surface area contributed by atoms with E-state index in [9.17, 15) is 13.2 Å². The van der Waals surface area contributed by atoms with E-state index in [1.54, 1.807) is 0 Å². The highest BCUT2D eigenvalue weighted by Crippen LogP contribution is 2.40. The molecule has 2 saturated heterocycles. The van der Waals surface area contributed by atoms with Crippen molar-refractivity contribution in [3.8, 4) is 0 Å². The third kappa shape index (κ3) is 3.28. The van der Waals surface area contributed by atoms with Crippen LogP contribution in [0, 0.1) is 5.92 Å². The first-order valence-corrected chi connectivity index (χ1v) is 8.91. The molecule has 2 rings (SSSR count). The van der Waals surface area contributed by atoms with Crippen molar-refractivity contribution in [1.29, 1.82) is 0 Å². The van der Waals surface area contributed by atoms with Crippen molar-refractivity contribution >= 4 is 15.6 Å². The summed E-state index contributed by atoms with van der Waals surface area (Å²) in [6.07, 6.45) is 7.12. The minimum absolute atomic E-state index is 0.00983. The summed E-state index contributed by atoms with van der Waals surface area (Å²) in [5, 5.41) is -0.477. The van der Waals surface area contributed by atoms with Crippen LogP contribution in [0.25, 0.3) is 0 Å². The van der Waals surface area contributed by atoms with Crippen LogP contribution in [0.15, 0.2) is 11.6 Å². The second-order valence-corrected chi connectivity index (χ2v) is 8.73. The first kappa shape index (κ1) is 14.8. The molecule has 0 amide bonds. The number of rotatable bonds is 4. The number of allylic oxidation sites excluding steroid dienone is 2. The molecule has 0 aromatic rings. The molecule has 0 spiro atoms. The van der Waals surface area contributed by atoms with E-state index in [0.717, 1.165) is 25.7 Å². The van der Waals surface area contributed by atoms with Gasteiger partial charge in [-0.05, 0) is 46.0 Å². The van der Waals surface area contributed by atoms with Crippen molar-refractivity contribution in [2.24, 2.45) is 5.92 Å². The van der Waals surface area contributed by atoms with E-state index in [4.69, 9.17) is 0 Å². The molecule has 0 aliphatic carbocycles. The van der Waals surface area contributed by atoms with Gasteiger partial charge < -0.3 is 0 Å². The fraction of sp³-hybridized carbons (Fsp3) is 0.800. The molecule has 4 heteroatoms. The second-order valence-electron chi connectivity index (χ2n) is 6.22. The van der Waals surface area contributed by atoms with E-state index in [1.807, 2.05) is 13.8 Å². The fourth-order valence-corrected chi connectivity index (χ4v) is 5.91. The van der Waals surface area contributed by atoms with E-state index in [1.165, 1.54) is 5.57 Å². The van der Waals surface area contributed by atoms with Gasteiger partial charge in [0.05, 0.1) is 10.5 Å². The molecule has 0 N–H and O–H groups in total. The van der Waals surface area contributed by atoms with Crippen LogP contribution in [-0.2, 0) is 14.6 Å². The maximum Gasteiger partial charge on any atom is 0.156 e. The van der Waals surface area contributed by atoms with Gasteiger partial charge in [-0.15, -0.1) is 0 Å². The predicted molar refractivity (Wildman–Crippen MR) is 76.7 cm³/mol. The second kappa shape index (κ2) is 5.78. The number of hydrogen-bond acceptors (Lipinski definition) is 3. The van der Waals surface area contributed by atoms with Gasteiger partial charge >= 0.3 is 0 Å². The van der Waals surface area contributed by atoms with Crippen LogP contribution in [0.5, 0.6) is 0 Å². The third-order valence-electron chi connectivity index (χ3n) is 4.47. The number of hydrogen-bond donors (Lipinski definition) is 0. The number of fused-ring (bicyclic) bond motifs is 2. The van der Waals surface area contributed by atoms with Gasteiger partial charge in [-0.2, -0.15) is 0 Å². The highest BCUT2D eigenvalue weighted by atomic mass is 32.2. The standard InChI is InChI=1S/C15H24O3S/c1-11(2)5-3-8-15(16)12-9-13-6-4-7-14(10-12)19(13,17)18/h5,12-14H,3-4,6-10H2,1-2H3. The predicted octanol–water partition coefficient (Wildman–Crippen LogP) is 3.05. The Kier molecular flexibility index (Phi) is 4.49. The van der Waals surface area contributed by atoms with E-state index >= 15 is 0 Å². The molecule has 0 aromatic heterocycles. The minimum Gasteiger partial charge on any atom is -0.299 e. The monoisotopic (exact) mass is 284 g/mol. The Hall–Kier alpha value is -0.640. The van der Waals surface area contributed by atoms with Crippen molar-refractivity contribution in [2.75, 3.05) is 0 Å². The number of ketones is 1. The maximum atomic E-state index is 12.2. The van der Waals surface area contributed by atoms with Crippen LogP contribution in [0.1, 0.15) is 58.8 Å². The van der Waals surface area contributed by atoms with Crippen molar-refractivity contribution in [3.05, 3.63) is 11.6 Å². The molecule has 2 heterocycles. The SMILES string of the molecule is CC(C)=CCCC(=O)C1CC2CCCC(C1)S2(=O)=O. The van der Waals surface area contributed by atoms with Gasteiger partial charge in [0.15, 0.2) is 9.84 Å². The zero-order valence-electron chi connectivity index (χ0n) is 11.9. The lowest BCUT2D eigenvalue weighted by Crippen LogP contribution is -2.45. The summed E-state index contributed by atoms with van der Waals surface area (Å²) in [5.74, 6) is 0.258. The van der Waals surface area contributed by atoms with Crippen LogP contribution in [-0.4, -0.2) is 24.7 Å². The average Bonchev–Trinajstić information content (AvgIpc) is 2.26. The Morgan fingerprint density at radius 1 is 1.16 bits per heavy atom. The van der Waals surface area contributed by atoms with Crippen LogP contribution < -0.4 is 0 Å². The summed E-state index contributed by atoms with van der Waals surface area (Å²) in [6, 6.07) is 0. The molecular formula is C15H24O3S. The van der Waals surface area contributed by atoms with Crippen LogP contribution in [0.2, 0.25) is 0 Å². The van der Waals surface area contributed by atoms with Crippen molar-refractivity contribution in [1.82, 2.24) is 0 Å². The normalized spacial score (nSPS) is 32.6. The van der Waals surface area contributed by atoms with Gasteiger partial charge in [-0.1, -0.05) is 18.1 Å². The Labute approximate surface area is 116 Å². The summed E-state index contributed by atoms with van der Waals surface area (Å²) in [4.78, 5) is 12.2. The zero-order chi connectivity index (χ0) is 14.0. The molecule has 19 heavy (non-hydrogen) atoms. The van der Waals surface area contributed by atoms with E-state index in [2.05, 4.69) is 6.08 Å². The Morgan fingerprint density at radius 2 is 1.74 bits per heavy atom. The highest BCUT2D eigenvalue weighted by molar-refractivity contribution is 7.92. The third-order valence-corrected chi connectivity index (χ3v) is 7.19. The molecule has 108 valence electrons. The van der Waals surface area contributed by atoms with Crippen molar-refractivity contribution in [2.45, 2.75) is 69.3 Å². The first-order valence-electron chi connectivity index (χ1n) is 7.30. The lowest BCUT2D eigenvalue weighted by Gasteiger charge is -2.38. The summed E-state index contributed by atoms with van der Waals surface area (Å²) >= 11 is 0. The number of sulfone groups is 1. The molecule has 2 unspecified atom stereocenters. The molecule has 3 nitrogen and oxygen atoms in total. The highest BCUT2D eigenvalue weighted by Gasteiger charge is 2.45. The van der Waals surface area contributed by atoms with E-state index < -0.39 is 9.84 Å². The first-order chi connectivity index (χ1) is 8.91. The zero-order valence-corrected chi connectivity index (χ0v) is 12.7. The summed E-state index contributed by atoms with van der Waals surface area (Å²) in [5.41, 5.74) is 1.23. The van der Waals surface area contributed by atoms with Gasteiger partial charge in [-0.25, -0.2) is 8.42 Å². The van der Waals surface area contributed by atoms with Gasteiger partial charge in [0.25, 0.3) is 0 Å². The van der Waals surface area contributed by atoms with Gasteiger partial charge in [0, 0.05) is 12.3 Å². The molecule has 2 aliphatic rings. The van der Waals surface area contributed by atoms with Crippen molar-refractivity contribution in [3.63, 3.8) is 0 Å². The summed E-state index contributed by atoms with van der Waals surface area (Å²) < 4.78 is 24.3. The lowest BCUT2D eigenvalue weighted by atomic mass is 9.85. The molecule has 2 aliphatic heterocycles. The maximum absolute atomic E-state index is 12.2. The Balaban J connectivity index is 1.97. The van der Waals surface area contributed by atoms with Crippen molar-refractivity contribution < 1.29 is 13.2 Å². The quantitative estimate of drug-likeness (QED) is 0.746. The number of carbonyl (C=O) groups is 1. The summed E-state index contributed by atoms with van der Waals surface area (Å²) in [6.45, 7) is 4.06. The molecule has 0 saturated carbocycles. The van der Waals surface area contributed by atoms with E-state index in [0.29, 0.717) is 19.3 Å². The lowest BCUT2D eigenvalue weighted by molar-refractivity contribution is -0.123. The smallest absolute Gasteiger partial charge is 0.156 e. The fourth-order valence-electron chi connectivity index (χ4n) is 3.38. The largest absolute Gasteiger partial charge is 0.299 e. The average molecular weight is 284 g/mol. The van der Waals surface area contributed by atoms with Gasteiger partial charge in [0.1, 0.15) is 5.78 Å². The summed E-state index contributed by atoms with van der Waals surface area (Å²) in [7, 11) is -2.93. The molecular weight excluding hydrogens is 260 g/mol. The molecule has 0 radical (unpaired) electrons. The molecule has 2 bridgehead atoms. The van der Waals surface area contributed by atoms with Crippen LogP contribution in [0.4, 0.5) is 0 Å². The van der Waals surface area contributed by atoms with Gasteiger partial charge in [-0.3, -0.25) is 4.79 Å². The molecule has 2 fully saturated rings. The topological polar surface area (TPSA) is 51.2 Å². The van der Waals surface area contributed by atoms with Crippen LogP contribution >= 0.6 is 0 Å². The molecule has 2 atom stereocenters. The van der Waals surface area contributed by atoms with E-state index in [-0.39, 0.29) is 22.2 Å². The minimum atomic E-state index is -2.93. The Morgan fingerprint density at radius 3 is 2.26 bits per heavy atom. The molecule has 0 aromatic carbocycles.